The topological polar surface area (TPSA) is 38.9 Å². The maximum absolute atomic E-state index is 6.02. The molecule has 17 heavy (non-hydrogen) atoms. The largest absolute Gasteiger partial charge is 0.389 e. The molecule has 0 aliphatic carbocycles. The fourth-order valence-electron chi connectivity index (χ4n) is 1.79. The Bertz CT molecular complexity index is 462. The van der Waals surface area contributed by atoms with Crippen molar-refractivity contribution in [1.29, 1.82) is 0 Å². The third-order valence-electron chi connectivity index (χ3n) is 2.77. The Morgan fingerprint density at radius 3 is 2.65 bits per heavy atom. The molecule has 0 radical (unpaired) electrons. The molecule has 0 spiro atoms. The van der Waals surface area contributed by atoms with E-state index in [1.54, 1.807) is 11.3 Å². The number of hydrogen-bond acceptors (Lipinski definition) is 3. The Morgan fingerprint density at radius 1 is 1.18 bits per heavy atom. The van der Waals surface area contributed by atoms with Crippen molar-refractivity contribution in [3.63, 3.8) is 0 Å². The van der Waals surface area contributed by atoms with Gasteiger partial charge >= 0.3 is 0 Å². The lowest BCUT2D eigenvalue weighted by atomic mass is 10.1. The summed E-state index contributed by atoms with van der Waals surface area (Å²) in [6.45, 7) is 2.21. The molecule has 2 aromatic rings. The predicted molar refractivity (Wildman–Crippen MR) is 75.2 cm³/mol. The Labute approximate surface area is 107 Å². The lowest BCUT2D eigenvalue weighted by molar-refractivity contribution is 0.711. The molecular weight excluding hydrogens is 228 g/mol. The molecule has 1 aromatic heterocycles. The summed E-state index contributed by atoms with van der Waals surface area (Å²) in [6.07, 6.45) is 4.66. The van der Waals surface area contributed by atoms with Crippen LogP contribution in [0.1, 0.15) is 31.9 Å². The molecule has 90 valence electrons. The Balaban J connectivity index is 2.13. The number of hydrogen-bond donors (Lipinski definition) is 1. The minimum atomic E-state index is 0.875. The summed E-state index contributed by atoms with van der Waals surface area (Å²) < 4.78 is 0. The summed E-state index contributed by atoms with van der Waals surface area (Å²) in [5, 5.41) is 1.91. The van der Waals surface area contributed by atoms with Gasteiger partial charge in [-0.05, 0) is 12.8 Å². The van der Waals surface area contributed by atoms with Gasteiger partial charge in [-0.2, -0.15) is 0 Å². The van der Waals surface area contributed by atoms with Gasteiger partial charge in [0.15, 0.2) is 0 Å². The molecule has 0 aliphatic heterocycles. The van der Waals surface area contributed by atoms with Crippen LogP contribution >= 0.6 is 11.3 Å². The van der Waals surface area contributed by atoms with E-state index in [0.717, 1.165) is 27.7 Å². The summed E-state index contributed by atoms with van der Waals surface area (Å²) in [7, 11) is 0. The predicted octanol–water partition coefficient (Wildman–Crippen LogP) is 4.13. The van der Waals surface area contributed by atoms with Crippen molar-refractivity contribution >= 4 is 16.3 Å². The summed E-state index contributed by atoms with van der Waals surface area (Å²) >= 11 is 1.59. The lowest BCUT2D eigenvalue weighted by Crippen LogP contribution is -1.91. The molecule has 3 heteroatoms. The molecule has 0 saturated heterocycles. The molecule has 2 nitrogen and oxygen atoms in total. The van der Waals surface area contributed by atoms with Crippen LogP contribution in [0.25, 0.3) is 10.6 Å². The zero-order valence-corrected chi connectivity index (χ0v) is 11.0. The smallest absolute Gasteiger partial charge is 0.125 e. The van der Waals surface area contributed by atoms with Gasteiger partial charge in [0, 0.05) is 5.56 Å². The highest BCUT2D eigenvalue weighted by molar-refractivity contribution is 7.18. The van der Waals surface area contributed by atoms with Gasteiger partial charge in [0.05, 0.1) is 5.69 Å². The van der Waals surface area contributed by atoms with Crippen LogP contribution in [0, 0.1) is 0 Å². The first-order valence-electron chi connectivity index (χ1n) is 6.12. The zero-order valence-electron chi connectivity index (χ0n) is 10.1. The van der Waals surface area contributed by atoms with Gasteiger partial charge in [-0.15, -0.1) is 0 Å². The number of nitrogen functional groups attached to an aromatic ring is 1. The minimum absolute atomic E-state index is 0.875. The van der Waals surface area contributed by atoms with Gasteiger partial charge in [0.2, 0.25) is 0 Å². The van der Waals surface area contributed by atoms with Gasteiger partial charge in [0.25, 0.3) is 0 Å². The van der Waals surface area contributed by atoms with Gasteiger partial charge in [0.1, 0.15) is 10.0 Å². The Hall–Kier alpha value is -1.35. The average Bonchev–Trinajstić information content (AvgIpc) is 2.73. The molecule has 0 fully saturated rings. The van der Waals surface area contributed by atoms with Gasteiger partial charge in [-0.25, -0.2) is 4.98 Å². The van der Waals surface area contributed by atoms with E-state index in [2.05, 4.69) is 24.0 Å². The normalized spacial score (nSPS) is 10.6. The van der Waals surface area contributed by atoms with Crippen molar-refractivity contribution in [1.82, 2.24) is 4.98 Å². The van der Waals surface area contributed by atoms with Crippen LogP contribution in [0.5, 0.6) is 0 Å². The summed E-state index contributed by atoms with van der Waals surface area (Å²) in [5.41, 5.74) is 8.25. The molecule has 0 atom stereocenters. The van der Waals surface area contributed by atoms with Crippen LogP contribution in [-0.2, 0) is 6.42 Å². The highest BCUT2D eigenvalue weighted by Gasteiger charge is 2.09. The number of anilines is 1. The van der Waals surface area contributed by atoms with Gasteiger partial charge in [-0.1, -0.05) is 61.4 Å². The second-order valence-corrected chi connectivity index (χ2v) is 5.18. The fourth-order valence-corrected chi connectivity index (χ4v) is 2.67. The molecule has 0 unspecified atom stereocenters. The van der Waals surface area contributed by atoms with Crippen molar-refractivity contribution in [2.45, 2.75) is 32.6 Å². The van der Waals surface area contributed by atoms with Gasteiger partial charge < -0.3 is 5.73 Å². The minimum Gasteiger partial charge on any atom is -0.389 e. The number of nitrogens with two attached hydrogens (primary N) is 1. The summed E-state index contributed by atoms with van der Waals surface area (Å²) in [4.78, 5) is 4.65. The number of rotatable bonds is 5. The monoisotopic (exact) mass is 246 g/mol. The zero-order chi connectivity index (χ0) is 12.1. The molecular formula is C14H18N2S. The quantitative estimate of drug-likeness (QED) is 0.806. The van der Waals surface area contributed by atoms with E-state index in [4.69, 9.17) is 5.73 Å². The average molecular weight is 246 g/mol. The third-order valence-corrected chi connectivity index (χ3v) is 3.74. The second kappa shape index (κ2) is 5.82. The van der Waals surface area contributed by atoms with Crippen LogP contribution in [0.4, 0.5) is 5.00 Å². The van der Waals surface area contributed by atoms with Gasteiger partial charge in [-0.3, -0.25) is 0 Å². The van der Waals surface area contributed by atoms with E-state index in [0.29, 0.717) is 0 Å². The van der Waals surface area contributed by atoms with E-state index in [-0.39, 0.29) is 0 Å². The Morgan fingerprint density at radius 2 is 1.94 bits per heavy atom. The van der Waals surface area contributed by atoms with E-state index in [1.165, 1.54) is 19.3 Å². The molecule has 2 N–H and O–H groups in total. The first kappa shape index (κ1) is 12.1. The first-order valence-corrected chi connectivity index (χ1v) is 6.93. The van der Waals surface area contributed by atoms with Crippen LogP contribution < -0.4 is 5.73 Å². The van der Waals surface area contributed by atoms with E-state index >= 15 is 0 Å². The van der Waals surface area contributed by atoms with E-state index < -0.39 is 0 Å². The van der Waals surface area contributed by atoms with Crippen molar-refractivity contribution in [3.05, 3.63) is 36.0 Å². The van der Waals surface area contributed by atoms with Crippen molar-refractivity contribution in [3.8, 4) is 10.6 Å². The van der Waals surface area contributed by atoms with E-state index in [1.807, 2.05) is 18.2 Å². The standard InChI is InChI=1S/C14H18N2S/c1-2-3-5-10-12-13(15)17-14(16-12)11-8-6-4-7-9-11/h4,6-9H,2-3,5,10,15H2,1H3. The van der Waals surface area contributed by atoms with Crippen LogP contribution in [0.2, 0.25) is 0 Å². The molecule has 2 rings (SSSR count). The number of benzene rings is 1. The third kappa shape index (κ3) is 3.07. The number of aromatic nitrogens is 1. The molecule has 0 aliphatic rings. The first-order chi connectivity index (χ1) is 8.31. The van der Waals surface area contributed by atoms with E-state index in [9.17, 15) is 0 Å². The van der Waals surface area contributed by atoms with Crippen molar-refractivity contribution in [2.75, 3.05) is 5.73 Å². The maximum atomic E-state index is 6.02. The highest BCUT2D eigenvalue weighted by atomic mass is 32.1. The Kier molecular flexibility index (Phi) is 4.15. The number of aryl methyl sites for hydroxylation is 1. The van der Waals surface area contributed by atoms with Crippen LogP contribution in [0.3, 0.4) is 0 Å². The van der Waals surface area contributed by atoms with Crippen LogP contribution in [-0.4, -0.2) is 4.98 Å². The van der Waals surface area contributed by atoms with Crippen LogP contribution in [0.15, 0.2) is 30.3 Å². The molecule has 1 aromatic carbocycles. The number of nitrogens with zero attached hydrogens (tertiary/aromatic N) is 1. The lowest BCUT2D eigenvalue weighted by Gasteiger charge is -1.96. The molecule has 0 amide bonds. The summed E-state index contributed by atoms with van der Waals surface area (Å²) in [6, 6.07) is 10.2. The fraction of sp³-hybridized carbons (Fsp3) is 0.357. The number of unbranched alkanes of at least 4 members (excludes halogenated alkanes) is 2. The molecule has 0 bridgehead atoms. The SMILES string of the molecule is CCCCCc1nc(-c2ccccc2)sc1N. The summed E-state index contributed by atoms with van der Waals surface area (Å²) in [5.74, 6) is 0. The maximum Gasteiger partial charge on any atom is 0.125 e. The van der Waals surface area contributed by atoms with Crippen molar-refractivity contribution in [2.24, 2.45) is 0 Å². The second-order valence-electron chi connectivity index (χ2n) is 4.15. The van der Waals surface area contributed by atoms with Crippen molar-refractivity contribution < 1.29 is 0 Å². The number of thiazole rings is 1. The molecule has 0 saturated carbocycles. The highest BCUT2D eigenvalue weighted by Crippen LogP contribution is 2.30. The molecule has 1 heterocycles.